The van der Waals surface area contributed by atoms with E-state index in [0.717, 1.165) is 26.2 Å². The Bertz CT molecular complexity index is 469. The first-order valence-corrected chi connectivity index (χ1v) is 7.19. The molecule has 1 atom stereocenters. The first kappa shape index (κ1) is 11.8. The lowest BCUT2D eigenvalue weighted by Gasteiger charge is -2.33. The van der Waals surface area contributed by atoms with Crippen molar-refractivity contribution in [2.24, 2.45) is 0 Å². The quantitative estimate of drug-likeness (QED) is 0.916. The lowest BCUT2D eigenvalue weighted by molar-refractivity contribution is 0.193. The maximum absolute atomic E-state index is 4.36. The minimum atomic E-state index is 0.444. The third-order valence-corrected chi connectivity index (χ3v) is 4.07. The fraction of sp³-hybridized carbons (Fsp3) is 0.357. The molecule has 94 valence electrons. The Kier molecular flexibility index (Phi) is 3.69. The monoisotopic (exact) mass is 259 g/mol. The normalized spacial score (nSPS) is 21.0. The minimum absolute atomic E-state index is 0.444. The van der Waals surface area contributed by atoms with Crippen molar-refractivity contribution in [3.63, 3.8) is 0 Å². The number of hydrogen-bond acceptors (Lipinski definition) is 4. The second-order valence-corrected chi connectivity index (χ2v) is 5.56. The van der Waals surface area contributed by atoms with E-state index in [1.54, 1.807) is 11.3 Å². The van der Waals surface area contributed by atoms with Crippen molar-refractivity contribution in [1.29, 1.82) is 0 Å². The molecule has 0 spiro atoms. The number of hydrogen-bond donors (Lipinski definition) is 1. The lowest BCUT2D eigenvalue weighted by Crippen LogP contribution is -2.45. The lowest BCUT2D eigenvalue weighted by atomic mass is 10.0. The predicted octanol–water partition coefficient (Wildman–Crippen LogP) is 2.29. The van der Waals surface area contributed by atoms with Crippen LogP contribution >= 0.6 is 11.3 Å². The predicted molar refractivity (Wildman–Crippen MR) is 74.6 cm³/mol. The van der Waals surface area contributed by atoms with E-state index in [2.05, 4.69) is 45.5 Å². The highest BCUT2D eigenvalue weighted by molar-refractivity contribution is 7.09. The van der Waals surface area contributed by atoms with Gasteiger partial charge < -0.3 is 5.32 Å². The molecule has 1 aromatic carbocycles. The number of thiazole rings is 1. The molecule has 1 unspecified atom stereocenters. The van der Waals surface area contributed by atoms with E-state index in [4.69, 9.17) is 0 Å². The zero-order chi connectivity index (χ0) is 12.2. The van der Waals surface area contributed by atoms with Crippen LogP contribution in [0.2, 0.25) is 0 Å². The van der Waals surface area contributed by atoms with Crippen molar-refractivity contribution in [2.45, 2.75) is 12.6 Å². The maximum Gasteiger partial charge on any atom is 0.107 e. The third-order valence-electron chi connectivity index (χ3n) is 3.30. The summed E-state index contributed by atoms with van der Waals surface area (Å²) >= 11 is 1.74. The molecule has 1 fully saturated rings. The van der Waals surface area contributed by atoms with E-state index >= 15 is 0 Å². The van der Waals surface area contributed by atoms with E-state index < -0.39 is 0 Å². The van der Waals surface area contributed by atoms with Crippen LogP contribution in [-0.2, 0) is 6.54 Å². The summed E-state index contributed by atoms with van der Waals surface area (Å²) < 4.78 is 0. The Morgan fingerprint density at radius 2 is 2.22 bits per heavy atom. The first-order valence-electron chi connectivity index (χ1n) is 6.31. The number of benzene rings is 1. The molecule has 1 aliphatic heterocycles. The Morgan fingerprint density at radius 3 is 3.00 bits per heavy atom. The van der Waals surface area contributed by atoms with Gasteiger partial charge in [-0.25, -0.2) is 4.98 Å². The van der Waals surface area contributed by atoms with Gasteiger partial charge in [0.2, 0.25) is 0 Å². The molecule has 1 N–H and O–H groups in total. The zero-order valence-electron chi connectivity index (χ0n) is 10.2. The van der Waals surface area contributed by atoms with Crippen LogP contribution in [0.1, 0.15) is 16.6 Å². The van der Waals surface area contributed by atoms with Gasteiger partial charge in [0.05, 0.1) is 6.54 Å². The fourth-order valence-electron chi connectivity index (χ4n) is 2.39. The van der Waals surface area contributed by atoms with Gasteiger partial charge in [-0.2, -0.15) is 0 Å². The minimum Gasteiger partial charge on any atom is -0.308 e. The largest absolute Gasteiger partial charge is 0.308 e. The second kappa shape index (κ2) is 5.61. The van der Waals surface area contributed by atoms with Crippen LogP contribution in [0.4, 0.5) is 0 Å². The van der Waals surface area contributed by atoms with Crippen molar-refractivity contribution in [2.75, 3.05) is 19.6 Å². The highest BCUT2D eigenvalue weighted by Gasteiger charge is 2.20. The highest BCUT2D eigenvalue weighted by Crippen LogP contribution is 2.18. The van der Waals surface area contributed by atoms with Gasteiger partial charge >= 0.3 is 0 Å². The molecule has 3 nitrogen and oxygen atoms in total. The summed E-state index contributed by atoms with van der Waals surface area (Å²) in [5.41, 5.74) is 1.38. The smallest absolute Gasteiger partial charge is 0.107 e. The van der Waals surface area contributed by atoms with Gasteiger partial charge in [0.15, 0.2) is 0 Å². The summed E-state index contributed by atoms with van der Waals surface area (Å²) in [7, 11) is 0. The Labute approximate surface area is 111 Å². The van der Waals surface area contributed by atoms with Crippen LogP contribution in [0.25, 0.3) is 0 Å². The van der Waals surface area contributed by atoms with E-state index in [1.807, 2.05) is 11.6 Å². The maximum atomic E-state index is 4.36. The van der Waals surface area contributed by atoms with E-state index in [9.17, 15) is 0 Å². The molecule has 18 heavy (non-hydrogen) atoms. The summed E-state index contributed by atoms with van der Waals surface area (Å²) in [6, 6.07) is 11.1. The molecular weight excluding hydrogens is 242 g/mol. The molecular formula is C14H17N3S. The number of rotatable bonds is 3. The molecule has 0 radical (unpaired) electrons. The molecule has 3 rings (SSSR count). The summed E-state index contributed by atoms with van der Waals surface area (Å²) in [5, 5.41) is 6.85. The topological polar surface area (TPSA) is 28.2 Å². The molecule has 0 saturated carbocycles. The van der Waals surface area contributed by atoms with Gasteiger partial charge in [0, 0.05) is 37.3 Å². The number of piperazine rings is 1. The van der Waals surface area contributed by atoms with Gasteiger partial charge in [0.25, 0.3) is 0 Å². The van der Waals surface area contributed by atoms with Crippen molar-refractivity contribution in [3.8, 4) is 0 Å². The van der Waals surface area contributed by atoms with Crippen molar-refractivity contribution < 1.29 is 0 Å². The van der Waals surface area contributed by atoms with E-state index in [-0.39, 0.29) is 0 Å². The second-order valence-electron chi connectivity index (χ2n) is 4.58. The SMILES string of the molecule is c1ccc(C2CN(Cc3nccs3)CCN2)cc1. The summed E-state index contributed by atoms with van der Waals surface area (Å²) in [6.07, 6.45) is 1.89. The van der Waals surface area contributed by atoms with Gasteiger partial charge in [-0.1, -0.05) is 30.3 Å². The molecule has 0 amide bonds. The van der Waals surface area contributed by atoms with Gasteiger partial charge in [-0.15, -0.1) is 11.3 Å². The molecule has 0 aliphatic carbocycles. The summed E-state index contributed by atoms with van der Waals surface area (Å²) in [6.45, 7) is 4.18. The Morgan fingerprint density at radius 1 is 1.33 bits per heavy atom. The standard InChI is InChI=1S/C14H17N3S/c1-2-4-12(5-3-1)13-10-17(8-6-15-13)11-14-16-7-9-18-14/h1-5,7,9,13,15H,6,8,10-11H2. The van der Waals surface area contributed by atoms with E-state index in [1.165, 1.54) is 10.6 Å². The Hall–Kier alpha value is -1.23. The van der Waals surface area contributed by atoms with Crippen molar-refractivity contribution in [1.82, 2.24) is 15.2 Å². The molecule has 2 heterocycles. The molecule has 1 aromatic heterocycles. The van der Waals surface area contributed by atoms with Crippen LogP contribution in [0.15, 0.2) is 41.9 Å². The number of nitrogens with zero attached hydrogens (tertiary/aromatic N) is 2. The van der Waals surface area contributed by atoms with Crippen molar-refractivity contribution >= 4 is 11.3 Å². The first-order chi connectivity index (χ1) is 8.92. The number of nitrogens with one attached hydrogen (secondary N) is 1. The van der Waals surface area contributed by atoms with Gasteiger partial charge in [-0.05, 0) is 5.56 Å². The van der Waals surface area contributed by atoms with Crippen molar-refractivity contribution in [3.05, 3.63) is 52.5 Å². The van der Waals surface area contributed by atoms with Gasteiger partial charge in [-0.3, -0.25) is 4.90 Å². The molecule has 4 heteroatoms. The fourth-order valence-corrected chi connectivity index (χ4v) is 3.04. The average molecular weight is 259 g/mol. The zero-order valence-corrected chi connectivity index (χ0v) is 11.1. The van der Waals surface area contributed by atoms with Crippen LogP contribution in [0, 0.1) is 0 Å². The van der Waals surface area contributed by atoms with Crippen LogP contribution in [-0.4, -0.2) is 29.5 Å². The number of aromatic nitrogens is 1. The van der Waals surface area contributed by atoms with Crippen LogP contribution in [0.3, 0.4) is 0 Å². The third kappa shape index (κ3) is 2.77. The van der Waals surface area contributed by atoms with Gasteiger partial charge in [0.1, 0.15) is 5.01 Å². The summed E-state index contributed by atoms with van der Waals surface area (Å²) in [5.74, 6) is 0. The van der Waals surface area contributed by atoms with Crippen LogP contribution in [0.5, 0.6) is 0 Å². The molecule has 1 saturated heterocycles. The van der Waals surface area contributed by atoms with Crippen LogP contribution < -0.4 is 5.32 Å². The molecule has 0 bridgehead atoms. The van der Waals surface area contributed by atoms with E-state index in [0.29, 0.717) is 6.04 Å². The average Bonchev–Trinajstić information content (AvgIpc) is 2.93. The summed E-state index contributed by atoms with van der Waals surface area (Å²) in [4.78, 5) is 6.84. The highest BCUT2D eigenvalue weighted by atomic mass is 32.1. The Balaban J connectivity index is 1.65. The molecule has 2 aromatic rings. The molecule has 1 aliphatic rings.